The van der Waals surface area contributed by atoms with Crippen LogP contribution in [0.2, 0.25) is 0 Å². The van der Waals surface area contributed by atoms with E-state index in [1.807, 2.05) is 0 Å². The number of fused-ring (bicyclic) bond motifs is 1. The van der Waals surface area contributed by atoms with Crippen molar-refractivity contribution in [2.24, 2.45) is 0 Å². The van der Waals surface area contributed by atoms with Crippen molar-refractivity contribution in [1.82, 2.24) is 9.55 Å². The predicted molar refractivity (Wildman–Crippen MR) is 80.9 cm³/mol. The Morgan fingerprint density at radius 1 is 1.55 bits per heavy atom. The minimum absolute atomic E-state index is 0.0946. The molecule has 1 saturated heterocycles. The summed E-state index contributed by atoms with van der Waals surface area (Å²) in [6.07, 6.45) is 3.99. The summed E-state index contributed by atoms with van der Waals surface area (Å²) in [5, 5.41) is 0.417. The molecule has 0 spiro atoms. The number of nitrogens with zero attached hydrogens (tertiary/aromatic N) is 2. The smallest absolute Gasteiger partial charge is 0.339 e. The summed E-state index contributed by atoms with van der Waals surface area (Å²) in [5.74, 6) is -0.471. The van der Waals surface area contributed by atoms with Gasteiger partial charge in [-0.25, -0.2) is 4.79 Å². The fourth-order valence-electron chi connectivity index (χ4n) is 2.35. The zero-order chi connectivity index (χ0) is 15.7. The molecule has 116 valence electrons. The first kappa shape index (κ1) is 14.7. The highest BCUT2D eigenvalue weighted by molar-refractivity contribution is 5.93. The predicted octanol–water partition coefficient (Wildman–Crippen LogP) is 1.75. The van der Waals surface area contributed by atoms with E-state index in [0.29, 0.717) is 17.4 Å². The number of rotatable bonds is 4. The topological polar surface area (TPSA) is 70.4 Å². The van der Waals surface area contributed by atoms with Gasteiger partial charge in [0.15, 0.2) is 0 Å². The Morgan fingerprint density at radius 2 is 2.32 bits per heavy atom. The number of carbonyl (C=O) groups is 1. The first-order valence-electron chi connectivity index (χ1n) is 7.36. The molecule has 1 fully saturated rings. The molecule has 3 heterocycles. The fraction of sp³-hybridized carbons (Fsp3) is 0.438. The lowest BCUT2D eigenvalue weighted by Crippen LogP contribution is -2.35. The molecular formula is C16H18N2O4. The van der Waals surface area contributed by atoms with Crippen LogP contribution in [0, 0.1) is 0 Å². The van der Waals surface area contributed by atoms with E-state index in [1.54, 1.807) is 36.7 Å². The Morgan fingerprint density at radius 3 is 2.95 bits per heavy atom. The summed E-state index contributed by atoms with van der Waals surface area (Å²) >= 11 is 0. The molecule has 1 aliphatic heterocycles. The summed E-state index contributed by atoms with van der Waals surface area (Å²) in [5.41, 5.74) is 0.688. The maximum Gasteiger partial charge on any atom is 0.339 e. The molecule has 3 rings (SSSR count). The van der Waals surface area contributed by atoms with Crippen LogP contribution in [0.15, 0.2) is 29.3 Å². The maximum absolute atomic E-state index is 12.5. The third-order valence-electron chi connectivity index (χ3n) is 3.59. The van der Waals surface area contributed by atoms with Crippen molar-refractivity contribution in [3.05, 3.63) is 40.4 Å². The third kappa shape index (κ3) is 2.87. The average Bonchev–Trinajstić information content (AvgIpc) is 2.43. The van der Waals surface area contributed by atoms with Crippen LogP contribution in [0.25, 0.3) is 10.9 Å². The molecule has 6 heteroatoms. The van der Waals surface area contributed by atoms with Crippen LogP contribution in [0.1, 0.15) is 30.6 Å². The number of carbonyl (C=O) groups excluding carboxylic acids is 1. The van der Waals surface area contributed by atoms with Gasteiger partial charge in [-0.2, -0.15) is 0 Å². The number of ether oxygens (including phenoxy) is 2. The molecule has 22 heavy (non-hydrogen) atoms. The highest BCUT2D eigenvalue weighted by Gasteiger charge is 2.19. The molecule has 0 saturated carbocycles. The van der Waals surface area contributed by atoms with Gasteiger partial charge in [0.1, 0.15) is 0 Å². The summed E-state index contributed by atoms with van der Waals surface area (Å²) in [6.45, 7) is 4.82. The maximum atomic E-state index is 12.5. The average molecular weight is 302 g/mol. The van der Waals surface area contributed by atoms with Crippen molar-refractivity contribution in [2.45, 2.75) is 39.0 Å². The molecule has 0 amide bonds. The number of esters is 1. The van der Waals surface area contributed by atoms with Gasteiger partial charge < -0.3 is 14.0 Å². The van der Waals surface area contributed by atoms with Crippen molar-refractivity contribution in [3.8, 4) is 0 Å². The van der Waals surface area contributed by atoms with E-state index < -0.39 is 5.97 Å². The third-order valence-corrected chi connectivity index (χ3v) is 3.59. The summed E-state index contributed by atoms with van der Waals surface area (Å²) < 4.78 is 12.1. The molecule has 6 nitrogen and oxygen atoms in total. The van der Waals surface area contributed by atoms with Gasteiger partial charge in [0.2, 0.25) is 0 Å². The monoisotopic (exact) mass is 302 g/mol. The SMILES string of the molecule is CC(C)OC(=O)c1cnc2ccn(CC3CCO3)c(=O)c2c1. The molecule has 1 atom stereocenters. The fourth-order valence-corrected chi connectivity index (χ4v) is 2.35. The second kappa shape index (κ2) is 5.88. The lowest BCUT2D eigenvalue weighted by atomic mass is 10.1. The summed E-state index contributed by atoms with van der Waals surface area (Å²) in [7, 11) is 0. The number of hydrogen-bond donors (Lipinski definition) is 0. The molecule has 0 bridgehead atoms. The zero-order valence-electron chi connectivity index (χ0n) is 12.6. The first-order chi connectivity index (χ1) is 10.5. The van der Waals surface area contributed by atoms with Gasteiger partial charge in [0.05, 0.1) is 35.2 Å². The molecule has 0 N–H and O–H groups in total. The quantitative estimate of drug-likeness (QED) is 0.805. The molecule has 1 unspecified atom stereocenters. The second-order valence-electron chi connectivity index (χ2n) is 5.67. The van der Waals surface area contributed by atoms with E-state index in [1.165, 1.54) is 6.20 Å². The van der Waals surface area contributed by atoms with Crippen molar-refractivity contribution in [1.29, 1.82) is 0 Å². The molecule has 0 aromatic carbocycles. The van der Waals surface area contributed by atoms with Crippen molar-refractivity contribution in [2.75, 3.05) is 6.61 Å². The van der Waals surface area contributed by atoms with Gasteiger partial charge >= 0.3 is 5.97 Å². The zero-order valence-corrected chi connectivity index (χ0v) is 12.6. The van der Waals surface area contributed by atoms with Crippen LogP contribution in [0.4, 0.5) is 0 Å². The van der Waals surface area contributed by atoms with Crippen LogP contribution in [-0.2, 0) is 16.0 Å². The molecule has 2 aromatic heterocycles. The van der Waals surface area contributed by atoms with E-state index in [0.717, 1.165) is 13.0 Å². The lowest BCUT2D eigenvalue weighted by molar-refractivity contribution is -0.0596. The van der Waals surface area contributed by atoms with E-state index in [9.17, 15) is 9.59 Å². The van der Waals surface area contributed by atoms with Crippen molar-refractivity contribution >= 4 is 16.9 Å². The molecule has 0 aliphatic carbocycles. The van der Waals surface area contributed by atoms with Crippen LogP contribution in [0.5, 0.6) is 0 Å². The van der Waals surface area contributed by atoms with Crippen LogP contribution in [-0.4, -0.2) is 34.3 Å². The Labute approximate surface area is 127 Å². The van der Waals surface area contributed by atoms with E-state index in [-0.39, 0.29) is 23.3 Å². The first-order valence-corrected chi connectivity index (χ1v) is 7.36. The Bertz CT molecular complexity index is 762. The van der Waals surface area contributed by atoms with Crippen molar-refractivity contribution in [3.63, 3.8) is 0 Å². The summed E-state index contributed by atoms with van der Waals surface area (Å²) in [6, 6.07) is 3.32. The summed E-state index contributed by atoms with van der Waals surface area (Å²) in [4.78, 5) is 28.6. The van der Waals surface area contributed by atoms with Crippen molar-refractivity contribution < 1.29 is 14.3 Å². The standard InChI is InChI=1S/C16H18N2O4/c1-10(2)22-16(20)11-7-13-14(17-8-11)3-5-18(15(13)19)9-12-4-6-21-12/h3,5,7-8,10,12H,4,6,9H2,1-2H3. The molecular weight excluding hydrogens is 284 g/mol. The van der Waals surface area contributed by atoms with Gasteiger partial charge in [0.25, 0.3) is 5.56 Å². The highest BCUT2D eigenvalue weighted by Crippen LogP contribution is 2.14. The Balaban J connectivity index is 1.96. The van der Waals surface area contributed by atoms with Crippen LogP contribution >= 0.6 is 0 Å². The molecule has 1 aliphatic rings. The second-order valence-corrected chi connectivity index (χ2v) is 5.67. The van der Waals surface area contributed by atoms with Gasteiger partial charge in [-0.05, 0) is 32.4 Å². The van der Waals surface area contributed by atoms with E-state index in [4.69, 9.17) is 9.47 Å². The normalized spacial score (nSPS) is 17.5. The van der Waals surface area contributed by atoms with Gasteiger partial charge in [-0.15, -0.1) is 0 Å². The molecule has 2 aromatic rings. The largest absolute Gasteiger partial charge is 0.459 e. The lowest BCUT2D eigenvalue weighted by Gasteiger charge is -2.26. The van der Waals surface area contributed by atoms with Gasteiger partial charge in [-0.1, -0.05) is 0 Å². The van der Waals surface area contributed by atoms with Crippen LogP contribution < -0.4 is 5.56 Å². The van der Waals surface area contributed by atoms with E-state index >= 15 is 0 Å². The number of aromatic nitrogens is 2. The minimum Gasteiger partial charge on any atom is -0.459 e. The van der Waals surface area contributed by atoms with Crippen LogP contribution in [0.3, 0.4) is 0 Å². The highest BCUT2D eigenvalue weighted by atomic mass is 16.5. The number of pyridine rings is 2. The Hall–Kier alpha value is -2.21. The van der Waals surface area contributed by atoms with Gasteiger partial charge in [0, 0.05) is 19.0 Å². The Kier molecular flexibility index (Phi) is 3.94. The van der Waals surface area contributed by atoms with E-state index in [2.05, 4.69) is 4.98 Å². The minimum atomic E-state index is -0.471. The molecule has 0 radical (unpaired) electrons. The van der Waals surface area contributed by atoms with Gasteiger partial charge in [-0.3, -0.25) is 9.78 Å². The number of hydrogen-bond acceptors (Lipinski definition) is 5.